The number of anilines is 1. The number of nitrogens with two attached hydrogens (primary N) is 1. The third-order valence-corrected chi connectivity index (χ3v) is 2.58. The molecule has 5 heteroatoms. The summed E-state index contributed by atoms with van der Waals surface area (Å²) in [5.74, 6) is -0.0292. The smallest absolute Gasteiger partial charge is 0.268 e. The molecule has 1 amide bonds. The van der Waals surface area contributed by atoms with E-state index in [9.17, 15) is 4.79 Å². The number of carbonyl (C=O) groups excluding carboxylic acids is 1. The van der Waals surface area contributed by atoms with E-state index in [0.717, 1.165) is 0 Å². The summed E-state index contributed by atoms with van der Waals surface area (Å²) < 4.78 is 1.67. The standard InChI is InChI=1S/C11H19N3O2/c1-7(2)9(6-15)13-11(16)10-4-8(12)5-14(10)3/h4-5,7,9,15H,6,12H2,1-3H3,(H,13,16). The minimum absolute atomic E-state index is 0.0662. The van der Waals surface area contributed by atoms with Crippen molar-refractivity contribution in [3.63, 3.8) is 0 Å². The van der Waals surface area contributed by atoms with E-state index in [4.69, 9.17) is 10.8 Å². The summed E-state index contributed by atoms with van der Waals surface area (Å²) in [7, 11) is 1.76. The van der Waals surface area contributed by atoms with Gasteiger partial charge in [-0.15, -0.1) is 0 Å². The van der Waals surface area contributed by atoms with E-state index >= 15 is 0 Å². The number of nitrogens with zero attached hydrogens (tertiary/aromatic N) is 1. The number of rotatable bonds is 4. The Hall–Kier alpha value is -1.49. The molecular formula is C11H19N3O2. The van der Waals surface area contributed by atoms with Crippen LogP contribution in [0.2, 0.25) is 0 Å². The third kappa shape index (κ3) is 2.76. The molecular weight excluding hydrogens is 206 g/mol. The van der Waals surface area contributed by atoms with Crippen LogP contribution >= 0.6 is 0 Å². The largest absolute Gasteiger partial charge is 0.397 e. The van der Waals surface area contributed by atoms with E-state index in [1.807, 2.05) is 13.8 Å². The first kappa shape index (κ1) is 12.6. The number of carbonyl (C=O) groups is 1. The average Bonchev–Trinajstić information content (AvgIpc) is 2.53. The zero-order valence-electron chi connectivity index (χ0n) is 9.90. The highest BCUT2D eigenvalue weighted by Gasteiger charge is 2.18. The van der Waals surface area contributed by atoms with Gasteiger partial charge >= 0.3 is 0 Å². The molecule has 0 spiro atoms. The molecule has 0 aliphatic carbocycles. The maximum atomic E-state index is 11.9. The van der Waals surface area contributed by atoms with Gasteiger partial charge in [0.05, 0.1) is 18.3 Å². The van der Waals surface area contributed by atoms with Gasteiger partial charge in [0, 0.05) is 13.2 Å². The molecule has 0 saturated heterocycles. The van der Waals surface area contributed by atoms with E-state index < -0.39 is 0 Å². The Balaban J connectivity index is 2.75. The summed E-state index contributed by atoms with van der Waals surface area (Å²) in [4.78, 5) is 11.9. The van der Waals surface area contributed by atoms with Crippen molar-refractivity contribution >= 4 is 11.6 Å². The van der Waals surface area contributed by atoms with Gasteiger partial charge in [-0.05, 0) is 12.0 Å². The first-order valence-electron chi connectivity index (χ1n) is 5.29. The number of aliphatic hydroxyl groups excluding tert-OH is 1. The average molecular weight is 225 g/mol. The molecule has 0 fully saturated rings. The summed E-state index contributed by atoms with van der Waals surface area (Å²) in [5.41, 5.74) is 6.64. The number of aryl methyl sites for hydroxylation is 1. The molecule has 1 heterocycles. The quantitative estimate of drug-likeness (QED) is 0.692. The fraction of sp³-hybridized carbons (Fsp3) is 0.545. The van der Waals surface area contributed by atoms with Crippen LogP contribution in [0.25, 0.3) is 0 Å². The highest BCUT2D eigenvalue weighted by atomic mass is 16.3. The second-order valence-corrected chi connectivity index (χ2v) is 4.28. The Labute approximate surface area is 95.3 Å². The molecule has 0 aromatic carbocycles. The zero-order valence-corrected chi connectivity index (χ0v) is 9.90. The van der Waals surface area contributed by atoms with Gasteiger partial charge in [0.1, 0.15) is 5.69 Å². The number of nitrogens with one attached hydrogen (secondary N) is 1. The van der Waals surface area contributed by atoms with Crippen molar-refractivity contribution in [1.29, 1.82) is 0 Å². The van der Waals surface area contributed by atoms with Gasteiger partial charge in [0.15, 0.2) is 0 Å². The fourth-order valence-corrected chi connectivity index (χ4v) is 1.48. The molecule has 1 aromatic heterocycles. The highest BCUT2D eigenvalue weighted by molar-refractivity contribution is 5.94. The Kier molecular flexibility index (Phi) is 3.95. The third-order valence-electron chi connectivity index (χ3n) is 2.58. The minimum Gasteiger partial charge on any atom is -0.397 e. The SMILES string of the molecule is CC(C)C(CO)NC(=O)c1cc(N)cn1C. The summed E-state index contributed by atoms with van der Waals surface area (Å²) in [6.07, 6.45) is 1.68. The number of aromatic nitrogens is 1. The lowest BCUT2D eigenvalue weighted by atomic mass is 10.1. The summed E-state index contributed by atoms with van der Waals surface area (Å²) in [5, 5.41) is 11.9. The predicted octanol–water partition coefficient (Wildman–Crippen LogP) is 0.354. The van der Waals surface area contributed by atoms with Crippen LogP contribution in [0.3, 0.4) is 0 Å². The number of aliphatic hydroxyl groups is 1. The van der Waals surface area contributed by atoms with E-state index in [1.165, 1.54) is 0 Å². The molecule has 90 valence electrons. The molecule has 0 radical (unpaired) electrons. The molecule has 0 aliphatic rings. The van der Waals surface area contributed by atoms with E-state index in [1.54, 1.807) is 23.9 Å². The lowest BCUT2D eigenvalue weighted by Crippen LogP contribution is -2.41. The Bertz CT molecular complexity index is 371. The molecule has 5 nitrogen and oxygen atoms in total. The molecule has 4 N–H and O–H groups in total. The maximum Gasteiger partial charge on any atom is 0.268 e. The minimum atomic E-state index is -0.233. The van der Waals surface area contributed by atoms with E-state index in [0.29, 0.717) is 11.4 Å². The number of amides is 1. The molecule has 16 heavy (non-hydrogen) atoms. The van der Waals surface area contributed by atoms with Crippen molar-refractivity contribution in [2.75, 3.05) is 12.3 Å². The lowest BCUT2D eigenvalue weighted by molar-refractivity contribution is 0.0888. The molecule has 0 aliphatic heterocycles. The Morgan fingerprint density at radius 2 is 2.25 bits per heavy atom. The van der Waals surface area contributed by atoms with Gasteiger partial charge in [0.2, 0.25) is 0 Å². The van der Waals surface area contributed by atoms with Crippen LogP contribution in [0.15, 0.2) is 12.3 Å². The van der Waals surface area contributed by atoms with Crippen molar-refractivity contribution < 1.29 is 9.90 Å². The second kappa shape index (κ2) is 5.03. The summed E-state index contributed by atoms with van der Waals surface area (Å²) in [6, 6.07) is 1.38. The lowest BCUT2D eigenvalue weighted by Gasteiger charge is -2.19. The first-order valence-corrected chi connectivity index (χ1v) is 5.29. The monoisotopic (exact) mass is 225 g/mol. The molecule has 0 saturated carbocycles. The zero-order chi connectivity index (χ0) is 12.3. The van der Waals surface area contributed by atoms with Gasteiger partial charge in [-0.3, -0.25) is 4.79 Å². The topological polar surface area (TPSA) is 80.3 Å². The van der Waals surface area contributed by atoms with Crippen LogP contribution in [-0.2, 0) is 7.05 Å². The van der Waals surface area contributed by atoms with E-state index in [2.05, 4.69) is 5.32 Å². The van der Waals surface area contributed by atoms with Gasteiger partial charge in [-0.2, -0.15) is 0 Å². The second-order valence-electron chi connectivity index (χ2n) is 4.28. The van der Waals surface area contributed by atoms with Crippen molar-refractivity contribution in [3.05, 3.63) is 18.0 Å². The van der Waals surface area contributed by atoms with Crippen LogP contribution < -0.4 is 11.1 Å². The maximum absolute atomic E-state index is 11.9. The Morgan fingerprint density at radius 3 is 2.62 bits per heavy atom. The van der Waals surface area contributed by atoms with Crippen molar-refractivity contribution in [2.45, 2.75) is 19.9 Å². The van der Waals surface area contributed by atoms with Crippen molar-refractivity contribution in [2.24, 2.45) is 13.0 Å². The summed E-state index contributed by atoms with van der Waals surface area (Å²) in [6.45, 7) is 3.82. The first-order chi connectivity index (χ1) is 7.45. The fourth-order valence-electron chi connectivity index (χ4n) is 1.48. The Morgan fingerprint density at radius 1 is 1.62 bits per heavy atom. The van der Waals surface area contributed by atoms with Crippen molar-refractivity contribution in [3.8, 4) is 0 Å². The molecule has 1 atom stereocenters. The summed E-state index contributed by atoms with van der Waals surface area (Å²) >= 11 is 0. The molecule has 1 unspecified atom stereocenters. The van der Waals surface area contributed by atoms with Gasteiger partial charge in [0.25, 0.3) is 5.91 Å². The number of nitrogen functional groups attached to an aromatic ring is 1. The normalized spacial score (nSPS) is 12.8. The van der Waals surface area contributed by atoms with Crippen LogP contribution in [0.1, 0.15) is 24.3 Å². The predicted molar refractivity (Wildman–Crippen MR) is 63.0 cm³/mol. The van der Waals surface area contributed by atoms with Gasteiger partial charge in [-0.1, -0.05) is 13.8 Å². The van der Waals surface area contributed by atoms with Crippen LogP contribution in [0.4, 0.5) is 5.69 Å². The van der Waals surface area contributed by atoms with Crippen LogP contribution in [0, 0.1) is 5.92 Å². The number of hydrogen-bond donors (Lipinski definition) is 3. The van der Waals surface area contributed by atoms with Gasteiger partial charge in [-0.25, -0.2) is 0 Å². The highest BCUT2D eigenvalue weighted by Crippen LogP contribution is 2.09. The van der Waals surface area contributed by atoms with Gasteiger partial charge < -0.3 is 20.7 Å². The molecule has 0 bridgehead atoms. The molecule has 1 rings (SSSR count). The van der Waals surface area contributed by atoms with Crippen LogP contribution in [-0.4, -0.2) is 28.2 Å². The van der Waals surface area contributed by atoms with E-state index in [-0.39, 0.29) is 24.5 Å². The number of hydrogen-bond acceptors (Lipinski definition) is 3. The van der Waals surface area contributed by atoms with Crippen molar-refractivity contribution in [1.82, 2.24) is 9.88 Å². The molecule has 1 aromatic rings. The van der Waals surface area contributed by atoms with Crippen LogP contribution in [0.5, 0.6) is 0 Å².